The van der Waals surface area contributed by atoms with Gasteiger partial charge in [0.25, 0.3) is 5.91 Å². The summed E-state index contributed by atoms with van der Waals surface area (Å²) in [6, 6.07) is -0.0437. The summed E-state index contributed by atoms with van der Waals surface area (Å²) in [5.41, 5.74) is 0.437. The van der Waals surface area contributed by atoms with Gasteiger partial charge in [0.1, 0.15) is 5.69 Å². The molecule has 1 aliphatic rings. The lowest BCUT2D eigenvalue weighted by Crippen LogP contribution is -2.33. The molecule has 1 fully saturated rings. The van der Waals surface area contributed by atoms with Crippen molar-refractivity contribution in [2.75, 3.05) is 0 Å². The van der Waals surface area contributed by atoms with Gasteiger partial charge < -0.3 is 10.4 Å². The molecule has 0 saturated heterocycles. The van der Waals surface area contributed by atoms with Crippen LogP contribution < -0.4 is 5.32 Å². The van der Waals surface area contributed by atoms with E-state index in [1.165, 1.54) is 11.3 Å². The smallest absolute Gasteiger partial charge is 0.306 e. The summed E-state index contributed by atoms with van der Waals surface area (Å²) in [5.74, 6) is -0.979. The first-order valence-electron chi connectivity index (χ1n) is 6.46. The largest absolute Gasteiger partial charge is 0.481 e. The Labute approximate surface area is 116 Å². The van der Waals surface area contributed by atoms with Crippen LogP contribution in [0.15, 0.2) is 5.38 Å². The number of carbonyl (C=O) groups excluding carboxylic acids is 1. The van der Waals surface area contributed by atoms with Gasteiger partial charge in [-0.25, -0.2) is 4.98 Å². The number of nitrogens with zero attached hydrogens (tertiary/aromatic N) is 1. The Morgan fingerprint density at radius 2 is 2.21 bits per heavy atom. The predicted molar refractivity (Wildman–Crippen MR) is 72.4 cm³/mol. The van der Waals surface area contributed by atoms with E-state index in [9.17, 15) is 9.59 Å². The Hall–Kier alpha value is -1.43. The first-order valence-corrected chi connectivity index (χ1v) is 7.34. The maximum Gasteiger partial charge on any atom is 0.306 e. The molecular formula is C13H18N2O3S. The van der Waals surface area contributed by atoms with Crippen LogP contribution in [0.2, 0.25) is 0 Å². The van der Waals surface area contributed by atoms with Crippen LogP contribution in [0, 0.1) is 5.92 Å². The van der Waals surface area contributed by atoms with Crippen molar-refractivity contribution in [2.45, 2.75) is 45.1 Å². The van der Waals surface area contributed by atoms with Crippen molar-refractivity contribution >= 4 is 23.2 Å². The van der Waals surface area contributed by atoms with Gasteiger partial charge in [-0.3, -0.25) is 9.59 Å². The summed E-state index contributed by atoms with van der Waals surface area (Å²) >= 11 is 1.48. The van der Waals surface area contributed by atoms with E-state index in [1.54, 1.807) is 5.38 Å². The molecule has 1 aromatic rings. The fourth-order valence-electron chi connectivity index (χ4n) is 2.25. The van der Waals surface area contributed by atoms with Crippen molar-refractivity contribution in [3.8, 4) is 0 Å². The molecule has 0 aliphatic heterocycles. The first kappa shape index (κ1) is 14.0. The number of rotatable bonds is 4. The highest BCUT2D eigenvalue weighted by atomic mass is 32.1. The number of carboxylic acids is 1. The molecule has 0 radical (unpaired) electrons. The van der Waals surface area contributed by atoms with Gasteiger partial charge in [-0.1, -0.05) is 13.8 Å². The van der Waals surface area contributed by atoms with Gasteiger partial charge >= 0.3 is 5.97 Å². The second-order valence-electron chi connectivity index (χ2n) is 5.24. The van der Waals surface area contributed by atoms with Crippen LogP contribution in [0.1, 0.15) is 54.5 Å². The number of carbonyl (C=O) groups is 2. The van der Waals surface area contributed by atoms with Crippen molar-refractivity contribution in [3.63, 3.8) is 0 Å². The summed E-state index contributed by atoms with van der Waals surface area (Å²) in [5, 5.41) is 14.5. The van der Waals surface area contributed by atoms with Crippen molar-refractivity contribution in [2.24, 2.45) is 5.92 Å². The Balaban J connectivity index is 1.92. The van der Waals surface area contributed by atoms with Gasteiger partial charge in [0.05, 0.1) is 10.9 Å². The molecule has 2 N–H and O–H groups in total. The third kappa shape index (κ3) is 3.32. The minimum Gasteiger partial charge on any atom is -0.481 e. The van der Waals surface area contributed by atoms with E-state index >= 15 is 0 Å². The molecule has 1 amide bonds. The topological polar surface area (TPSA) is 79.3 Å². The monoisotopic (exact) mass is 282 g/mol. The third-order valence-electron chi connectivity index (χ3n) is 3.37. The molecule has 19 heavy (non-hydrogen) atoms. The molecule has 0 spiro atoms. The lowest BCUT2D eigenvalue weighted by atomic mass is 10.1. The van der Waals surface area contributed by atoms with Crippen molar-refractivity contribution in [1.29, 1.82) is 0 Å². The van der Waals surface area contributed by atoms with Gasteiger partial charge in [0.2, 0.25) is 0 Å². The summed E-state index contributed by atoms with van der Waals surface area (Å²) < 4.78 is 0. The van der Waals surface area contributed by atoms with E-state index in [0.717, 1.165) is 11.4 Å². The van der Waals surface area contributed by atoms with E-state index in [4.69, 9.17) is 5.11 Å². The van der Waals surface area contributed by atoms with Crippen LogP contribution in [0.25, 0.3) is 0 Å². The highest BCUT2D eigenvalue weighted by Gasteiger charge is 2.31. The number of aromatic nitrogens is 1. The highest BCUT2D eigenvalue weighted by Crippen LogP contribution is 2.26. The van der Waals surface area contributed by atoms with E-state index in [-0.39, 0.29) is 17.9 Å². The summed E-state index contributed by atoms with van der Waals surface area (Å²) in [6.45, 7) is 4.07. The van der Waals surface area contributed by atoms with Crippen LogP contribution in [0.5, 0.6) is 0 Å². The van der Waals surface area contributed by atoms with Crippen molar-refractivity contribution in [3.05, 3.63) is 16.1 Å². The molecule has 0 unspecified atom stereocenters. The van der Waals surface area contributed by atoms with Crippen LogP contribution >= 0.6 is 11.3 Å². The molecule has 2 rings (SSSR count). The Morgan fingerprint density at radius 1 is 1.47 bits per heavy atom. The van der Waals surface area contributed by atoms with E-state index in [0.29, 0.717) is 24.5 Å². The van der Waals surface area contributed by atoms with Crippen LogP contribution in [0.3, 0.4) is 0 Å². The zero-order valence-electron chi connectivity index (χ0n) is 11.0. The molecular weight excluding hydrogens is 264 g/mol. The molecule has 1 heterocycles. The zero-order valence-corrected chi connectivity index (χ0v) is 11.9. The van der Waals surface area contributed by atoms with E-state index in [2.05, 4.69) is 10.3 Å². The second kappa shape index (κ2) is 5.69. The summed E-state index contributed by atoms with van der Waals surface area (Å²) in [7, 11) is 0. The molecule has 2 atom stereocenters. The average molecular weight is 282 g/mol. The summed E-state index contributed by atoms with van der Waals surface area (Å²) in [6.07, 6.45) is 1.88. The molecule has 1 aliphatic carbocycles. The maximum atomic E-state index is 12.0. The molecule has 6 heteroatoms. The Bertz CT molecular complexity index is 484. The lowest BCUT2D eigenvalue weighted by molar-refractivity contribution is -0.141. The Kier molecular flexibility index (Phi) is 4.19. The first-order chi connectivity index (χ1) is 8.97. The van der Waals surface area contributed by atoms with E-state index < -0.39 is 5.97 Å². The lowest BCUT2D eigenvalue weighted by Gasteiger charge is -2.11. The number of thiazole rings is 1. The quantitative estimate of drug-likeness (QED) is 0.887. The minimum absolute atomic E-state index is 0.0437. The number of hydrogen-bond donors (Lipinski definition) is 2. The fourth-order valence-corrected chi connectivity index (χ4v) is 3.07. The molecule has 0 aromatic carbocycles. The molecule has 0 bridgehead atoms. The molecule has 5 nitrogen and oxygen atoms in total. The van der Waals surface area contributed by atoms with Gasteiger partial charge in [-0.2, -0.15) is 0 Å². The highest BCUT2D eigenvalue weighted by molar-refractivity contribution is 7.09. The van der Waals surface area contributed by atoms with Gasteiger partial charge in [-0.15, -0.1) is 11.3 Å². The fraction of sp³-hybridized carbons (Fsp3) is 0.615. The molecule has 104 valence electrons. The minimum atomic E-state index is -0.771. The van der Waals surface area contributed by atoms with E-state index in [1.807, 2.05) is 13.8 Å². The van der Waals surface area contributed by atoms with Crippen molar-refractivity contribution in [1.82, 2.24) is 10.3 Å². The number of amides is 1. The number of hydrogen-bond acceptors (Lipinski definition) is 4. The normalized spacial score (nSPS) is 22.7. The van der Waals surface area contributed by atoms with Crippen LogP contribution in [0.4, 0.5) is 0 Å². The van der Waals surface area contributed by atoms with Gasteiger partial charge in [0, 0.05) is 17.3 Å². The van der Waals surface area contributed by atoms with Crippen LogP contribution in [-0.4, -0.2) is 28.0 Å². The Morgan fingerprint density at radius 3 is 2.74 bits per heavy atom. The maximum absolute atomic E-state index is 12.0. The van der Waals surface area contributed by atoms with Gasteiger partial charge in [0.15, 0.2) is 0 Å². The SMILES string of the molecule is CC(C)c1nc(C(=O)N[C@@H]2CC[C@@H](C(=O)O)C2)cs1. The molecule has 1 saturated carbocycles. The van der Waals surface area contributed by atoms with Crippen LogP contribution in [-0.2, 0) is 4.79 Å². The van der Waals surface area contributed by atoms with Crippen molar-refractivity contribution < 1.29 is 14.7 Å². The predicted octanol–water partition coefficient (Wildman–Crippen LogP) is 2.25. The zero-order chi connectivity index (χ0) is 14.0. The molecule has 1 aromatic heterocycles. The summed E-state index contributed by atoms with van der Waals surface area (Å²) in [4.78, 5) is 27.2. The average Bonchev–Trinajstić information content (AvgIpc) is 2.96. The van der Waals surface area contributed by atoms with Gasteiger partial charge in [-0.05, 0) is 19.3 Å². The second-order valence-corrected chi connectivity index (χ2v) is 6.13. The standard InChI is InChI=1S/C13H18N2O3S/c1-7(2)12-15-10(6-19-12)11(16)14-9-4-3-8(5-9)13(17)18/h6-9H,3-5H2,1-2H3,(H,14,16)(H,17,18)/t8-,9-/m1/s1. The number of nitrogens with one attached hydrogen (secondary N) is 1. The third-order valence-corrected chi connectivity index (χ3v) is 4.51. The number of aliphatic carboxylic acids is 1. The number of carboxylic acid groups (broad SMARTS) is 1.